The molecule has 7 N–H and O–H groups in total. The van der Waals surface area contributed by atoms with Crippen molar-refractivity contribution in [2.75, 3.05) is 6.54 Å². The molecular weight excluding hydrogens is 351 g/mol. The lowest BCUT2D eigenvalue weighted by Crippen LogP contribution is -2.57. The number of hydrogen-bond acceptors (Lipinski definition) is 6. The first-order chi connectivity index (χ1) is 11.4. The summed E-state index contributed by atoms with van der Waals surface area (Å²) in [6.45, 7) is 6.63. The highest BCUT2D eigenvalue weighted by Gasteiger charge is 2.32. The molecule has 0 unspecified atom stereocenters. The largest absolute Gasteiger partial charge is 0.480 e. The van der Waals surface area contributed by atoms with Gasteiger partial charge >= 0.3 is 5.97 Å². The van der Waals surface area contributed by atoms with Crippen LogP contribution < -0.4 is 22.1 Å². The van der Waals surface area contributed by atoms with Gasteiger partial charge in [0.25, 0.3) is 0 Å². The molecule has 25 heavy (non-hydrogen) atoms. The van der Waals surface area contributed by atoms with Crippen molar-refractivity contribution in [2.45, 2.75) is 63.4 Å². The van der Waals surface area contributed by atoms with Crippen molar-refractivity contribution in [3.63, 3.8) is 0 Å². The van der Waals surface area contributed by atoms with Crippen LogP contribution in [0.2, 0.25) is 0 Å². The fraction of sp³-hybridized carbons (Fsp3) is 0.800. The molecule has 10 heteroatoms. The quantitative estimate of drug-likeness (QED) is 0.343. The number of carboxylic acid groups (broad SMARTS) is 1. The summed E-state index contributed by atoms with van der Waals surface area (Å²) >= 11 is 0.00866. The molecule has 0 aliphatic heterocycles. The van der Waals surface area contributed by atoms with Gasteiger partial charge in [-0.05, 0) is 32.6 Å². The van der Waals surface area contributed by atoms with Crippen LogP contribution in [0, 0.1) is 5.92 Å². The summed E-state index contributed by atoms with van der Waals surface area (Å²) in [6, 6.07) is -3.21. The van der Waals surface area contributed by atoms with Gasteiger partial charge in [0.1, 0.15) is 12.1 Å². The van der Waals surface area contributed by atoms with E-state index in [4.69, 9.17) is 11.5 Å². The van der Waals surface area contributed by atoms with Gasteiger partial charge in [0.15, 0.2) is 0 Å². The number of nitrogens with two attached hydrogens (primary N) is 2. The molecule has 0 aromatic carbocycles. The topological polar surface area (TPSA) is 148 Å². The van der Waals surface area contributed by atoms with E-state index in [1.807, 2.05) is 13.8 Å². The van der Waals surface area contributed by atoms with E-state index in [1.165, 1.54) is 13.8 Å². The molecule has 3 atom stereocenters. The molecule has 0 radical (unpaired) electrons. The Balaban J connectivity index is 4.90. The third kappa shape index (κ3) is 9.03. The zero-order valence-corrected chi connectivity index (χ0v) is 15.9. The molecule has 0 spiro atoms. The molecule has 0 saturated carbocycles. The van der Waals surface area contributed by atoms with Crippen molar-refractivity contribution in [3.8, 4) is 0 Å². The summed E-state index contributed by atoms with van der Waals surface area (Å²) in [4.78, 5) is 35.5. The molecule has 0 saturated heterocycles. The van der Waals surface area contributed by atoms with E-state index >= 15 is 0 Å². The first-order valence-electron chi connectivity index (χ1n) is 8.02. The Morgan fingerprint density at radius 3 is 2.08 bits per heavy atom. The number of carbonyl (C=O) groups is 3. The molecule has 0 aliphatic rings. The minimum absolute atomic E-state index is 0.00866. The standard InChI is InChI=1S/C15H29FN4O4S/c1-8(2)5-9(18)12(21)20-11(7-17)13(22)19-10(14(23)24)6-15(3,4)25-16/h8-11H,5-7,17-18H2,1-4H3,(H,19,22)(H,20,21)(H,23,24)/t9-,10-,11-/m0/s1. The third-order valence-electron chi connectivity index (χ3n) is 3.45. The van der Waals surface area contributed by atoms with Crippen molar-refractivity contribution >= 4 is 29.9 Å². The highest BCUT2D eigenvalue weighted by Crippen LogP contribution is 2.30. The first kappa shape index (κ1) is 23.6. The van der Waals surface area contributed by atoms with Gasteiger partial charge in [-0.1, -0.05) is 13.8 Å². The van der Waals surface area contributed by atoms with Crippen LogP contribution in [-0.4, -0.2) is 52.3 Å². The number of halogens is 1. The van der Waals surface area contributed by atoms with E-state index in [0.29, 0.717) is 6.42 Å². The number of carboxylic acids is 1. The van der Waals surface area contributed by atoms with E-state index in [1.54, 1.807) is 0 Å². The maximum absolute atomic E-state index is 12.8. The Labute approximate surface area is 151 Å². The van der Waals surface area contributed by atoms with E-state index in [0.717, 1.165) is 0 Å². The van der Waals surface area contributed by atoms with Crippen molar-refractivity contribution < 1.29 is 23.4 Å². The minimum Gasteiger partial charge on any atom is -0.480 e. The van der Waals surface area contributed by atoms with E-state index in [2.05, 4.69) is 10.6 Å². The van der Waals surface area contributed by atoms with Crippen molar-refractivity contribution in [1.29, 1.82) is 0 Å². The van der Waals surface area contributed by atoms with Gasteiger partial charge in [0.05, 0.1) is 18.2 Å². The summed E-state index contributed by atoms with van der Waals surface area (Å²) < 4.78 is 11.9. The fourth-order valence-corrected chi connectivity index (χ4v) is 2.35. The van der Waals surface area contributed by atoms with Gasteiger partial charge < -0.3 is 27.2 Å². The van der Waals surface area contributed by atoms with Crippen LogP contribution in [0.3, 0.4) is 0 Å². The average Bonchev–Trinajstić information content (AvgIpc) is 2.50. The van der Waals surface area contributed by atoms with E-state index in [-0.39, 0.29) is 31.0 Å². The highest BCUT2D eigenvalue weighted by molar-refractivity contribution is 7.95. The molecule has 0 rings (SSSR count). The Bertz CT molecular complexity index is 476. The van der Waals surface area contributed by atoms with Crippen molar-refractivity contribution in [2.24, 2.45) is 17.4 Å². The Kier molecular flexibility index (Phi) is 9.98. The van der Waals surface area contributed by atoms with Gasteiger partial charge in [-0.15, -0.1) is 0 Å². The number of nitrogens with one attached hydrogen (secondary N) is 2. The predicted octanol–water partition coefficient (Wildman–Crippen LogP) is 0.159. The molecule has 0 bridgehead atoms. The normalized spacial score (nSPS) is 15.4. The Hall–Kier alpha value is -1.39. The van der Waals surface area contributed by atoms with Crippen LogP contribution in [0.15, 0.2) is 0 Å². The van der Waals surface area contributed by atoms with Crippen LogP contribution in [0.5, 0.6) is 0 Å². The lowest BCUT2D eigenvalue weighted by atomic mass is 10.0. The highest BCUT2D eigenvalue weighted by atomic mass is 32.2. The smallest absolute Gasteiger partial charge is 0.326 e. The Morgan fingerprint density at radius 2 is 1.68 bits per heavy atom. The second kappa shape index (κ2) is 10.6. The minimum atomic E-state index is -1.30. The lowest BCUT2D eigenvalue weighted by Gasteiger charge is -2.26. The van der Waals surface area contributed by atoms with Crippen molar-refractivity contribution in [1.82, 2.24) is 10.6 Å². The molecule has 8 nitrogen and oxygen atoms in total. The van der Waals surface area contributed by atoms with E-state index < -0.39 is 40.7 Å². The van der Waals surface area contributed by atoms with Crippen LogP contribution in [-0.2, 0) is 14.4 Å². The van der Waals surface area contributed by atoms with Crippen LogP contribution in [0.25, 0.3) is 0 Å². The summed E-state index contributed by atoms with van der Waals surface area (Å²) in [6.07, 6.45) is 0.303. The van der Waals surface area contributed by atoms with Crippen molar-refractivity contribution in [3.05, 3.63) is 0 Å². The lowest BCUT2D eigenvalue weighted by molar-refractivity contribution is -0.142. The number of rotatable bonds is 11. The zero-order chi connectivity index (χ0) is 19.8. The van der Waals surface area contributed by atoms with Gasteiger partial charge in [-0.2, -0.15) is 3.89 Å². The predicted molar refractivity (Wildman–Crippen MR) is 95.4 cm³/mol. The maximum atomic E-state index is 12.8. The molecule has 0 fully saturated rings. The molecule has 2 amide bonds. The molecule has 0 aromatic heterocycles. The van der Waals surface area contributed by atoms with Crippen LogP contribution in [0.4, 0.5) is 3.89 Å². The number of aliphatic carboxylic acids is 1. The maximum Gasteiger partial charge on any atom is 0.326 e. The molecule has 0 aliphatic carbocycles. The summed E-state index contributed by atoms with van der Waals surface area (Å²) in [5, 5.41) is 13.9. The summed E-state index contributed by atoms with van der Waals surface area (Å²) in [5.41, 5.74) is 11.2. The van der Waals surface area contributed by atoms with Crippen LogP contribution in [0.1, 0.15) is 40.5 Å². The van der Waals surface area contributed by atoms with Gasteiger partial charge in [-0.25, -0.2) is 4.79 Å². The second-order valence-electron chi connectivity index (χ2n) is 6.97. The first-order valence-corrected chi connectivity index (χ1v) is 8.74. The number of hydrogen-bond donors (Lipinski definition) is 5. The second-order valence-corrected chi connectivity index (χ2v) is 8.23. The number of carbonyl (C=O) groups excluding carboxylic acids is 2. The Morgan fingerprint density at radius 1 is 1.16 bits per heavy atom. The van der Waals surface area contributed by atoms with Gasteiger partial charge in [0.2, 0.25) is 11.8 Å². The monoisotopic (exact) mass is 380 g/mol. The molecule has 146 valence electrons. The SMILES string of the molecule is CC(C)C[C@H](N)C(=O)N[C@@H](CN)C(=O)N[C@@H](CC(C)(C)SF)C(=O)O. The average molecular weight is 380 g/mol. The molecular formula is C15H29FN4O4S. The molecule has 0 aromatic rings. The van der Waals surface area contributed by atoms with E-state index in [9.17, 15) is 23.4 Å². The third-order valence-corrected chi connectivity index (χ3v) is 4.03. The zero-order valence-electron chi connectivity index (χ0n) is 15.0. The number of amides is 2. The summed E-state index contributed by atoms with van der Waals surface area (Å²) in [7, 11) is 0. The fourth-order valence-electron chi connectivity index (χ4n) is 2.12. The van der Waals surface area contributed by atoms with Gasteiger partial charge in [-0.3, -0.25) is 9.59 Å². The van der Waals surface area contributed by atoms with Crippen LogP contribution >= 0.6 is 12.1 Å². The molecule has 0 heterocycles. The van der Waals surface area contributed by atoms with Gasteiger partial charge in [0, 0.05) is 11.3 Å². The summed E-state index contributed by atoms with van der Waals surface area (Å²) in [5.74, 6) is -2.39.